The molecule has 0 radical (unpaired) electrons. The maximum Gasteiger partial charge on any atom is 0.233 e. The third kappa shape index (κ3) is 5.86. The zero-order chi connectivity index (χ0) is 18.4. The number of carbonyl (C=O) groups is 2. The summed E-state index contributed by atoms with van der Waals surface area (Å²) >= 11 is 5.91. The lowest BCUT2D eigenvalue weighted by molar-refractivity contribution is -0.126. The summed E-state index contributed by atoms with van der Waals surface area (Å²) in [6.45, 7) is 6.73. The number of nitrogens with one attached hydrogen (secondary N) is 2. The van der Waals surface area contributed by atoms with Crippen molar-refractivity contribution in [2.24, 2.45) is 0 Å². The standard InChI is InChI=1S/C17H22ClN5O2/c1-11-5-6-14(18)9-15(11)21-17(25)10-16(24)19-7-4-8-23-13(3)20-12(2)22-23/h5-6,9H,4,7-8,10H2,1-3H3,(H,19,24)(H,21,25). The summed E-state index contributed by atoms with van der Waals surface area (Å²) in [4.78, 5) is 28.0. The first-order chi connectivity index (χ1) is 11.8. The van der Waals surface area contributed by atoms with Gasteiger partial charge in [0.15, 0.2) is 0 Å². The summed E-state index contributed by atoms with van der Waals surface area (Å²) in [7, 11) is 0. The van der Waals surface area contributed by atoms with Gasteiger partial charge in [0.1, 0.15) is 18.1 Å². The molecular weight excluding hydrogens is 342 g/mol. The average Bonchev–Trinajstić information content (AvgIpc) is 2.85. The van der Waals surface area contributed by atoms with Crippen molar-refractivity contribution in [3.05, 3.63) is 40.4 Å². The number of aryl methyl sites for hydroxylation is 4. The van der Waals surface area contributed by atoms with Gasteiger partial charge in [-0.15, -0.1) is 0 Å². The molecule has 1 heterocycles. The molecule has 0 fully saturated rings. The van der Waals surface area contributed by atoms with Crippen LogP contribution >= 0.6 is 11.6 Å². The Morgan fingerprint density at radius 1 is 1.20 bits per heavy atom. The lowest BCUT2D eigenvalue weighted by Crippen LogP contribution is -2.29. The van der Waals surface area contributed by atoms with Crippen LogP contribution < -0.4 is 10.6 Å². The van der Waals surface area contributed by atoms with Crippen LogP contribution in [0.15, 0.2) is 18.2 Å². The van der Waals surface area contributed by atoms with E-state index in [9.17, 15) is 9.59 Å². The van der Waals surface area contributed by atoms with Crippen molar-refractivity contribution in [3.8, 4) is 0 Å². The minimum absolute atomic E-state index is 0.229. The number of anilines is 1. The van der Waals surface area contributed by atoms with E-state index in [0.717, 1.165) is 17.2 Å². The summed E-state index contributed by atoms with van der Waals surface area (Å²) < 4.78 is 1.80. The fraction of sp³-hybridized carbons (Fsp3) is 0.412. The van der Waals surface area contributed by atoms with E-state index in [-0.39, 0.29) is 18.2 Å². The average molecular weight is 364 g/mol. The maximum atomic E-state index is 12.0. The van der Waals surface area contributed by atoms with E-state index in [1.165, 1.54) is 0 Å². The molecule has 2 aromatic rings. The number of benzene rings is 1. The number of aromatic nitrogens is 3. The Kier molecular flexibility index (Phi) is 6.52. The second-order valence-corrected chi connectivity index (χ2v) is 6.25. The predicted molar refractivity (Wildman–Crippen MR) is 96.6 cm³/mol. The number of hydrogen-bond acceptors (Lipinski definition) is 4. The van der Waals surface area contributed by atoms with E-state index in [4.69, 9.17) is 11.6 Å². The van der Waals surface area contributed by atoms with Gasteiger partial charge in [-0.1, -0.05) is 17.7 Å². The maximum absolute atomic E-state index is 12.0. The van der Waals surface area contributed by atoms with E-state index in [1.807, 2.05) is 26.8 Å². The topological polar surface area (TPSA) is 88.9 Å². The largest absolute Gasteiger partial charge is 0.356 e. The zero-order valence-electron chi connectivity index (χ0n) is 14.6. The van der Waals surface area contributed by atoms with Crippen LogP contribution in [0, 0.1) is 20.8 Å². The summed E-state index contributed by atoms with van der Waals surface area (Å²) in [5.41, 5.74) is 1.50. The van der Waals surface area contributed by atoms with Crippen LogP contribution in [0.3, 0.4) is 0 Å². The molecular formula is C17H22ClN5O2. The number of rotatable bonds is 7. The molecule has 0 unspecified atom stereocenters. The highest BCUT2D eigenvalue weighted by atomic mass is 35.5. The lowest BCUT2D eigenvalue weighted by atomic mass is 10.2. The summed E-state index contributed by atoms with van der Waals surface area (Å²) in [6.07, 6.45) is 0.484. The van der Waals surface area contributed by atoms with E-state index in [0.29, 0.717) is 30.2 Å². The molecule has 8 heteroatoms. The van der Waals surface area contributed by atoms with Crippen LogP contribution in [-0.4, -0.2) is 33.1 Å². The van der Waals surface area contributed by atoms with Crippen LogP contribution in [0.5, 0.6) is 0 Å². The van der Waals surface area contributed by atoms with Gasteiger partial charge in [-0.05, 0) is 44.9 Å². The minimum atomic E-state index is -0.370. The predicted octanol–water partition coefficient (Wildman–Crippen LogP) is 2.39. The van der Waals surface area contributed by atoms with Gasteiger partial charge in [-0.3, -0.25) is 14.3 Å². The first-order valence-electron chi connectivity index (χ1n) is 8.06. The quantitative estimate of drug-likeness (QED) is 0.584. The SMILES string of the molecule is Cc1nc(C)n(CCCNC(=O)CC(=O)Nc2cc(Cl)ccc2C)n1. The molecule has 7 nitrogen and oxygen atoms in total. The van der Waals surface area contributed by atoms with E-state index in [2.05, 4.69) is 20.7 Å². The number of halogens is 1. The smallest absolute Gasteiger partial charge is 0.233 e. The number of nitrogens with zero attached hydrogens (tertiary/aromatic N) is 3. The summed E-state index contributed by atoms with van der Waals surface area (Å²) in [5, 5.41) is 10.2. The number of carbonyl (C=O) groups excluding carboxylic acids is 2. The molecule has 0 saturated heterocycles. The van der Waals surface area contributed by atoms with Gasteiger partial charge in [0.05, 0.1) is 0 Å². The Labute approximate surface area is 151 Å². The first-order valence-corrected chi connectivity index (χ1v) is 8.43. The van der Waals surface area contributed by atoms with Crippen LogP contribution in [-0.2, 0) is 16.1 Å². The highest BCUT2D eigenvalue weighted by molar-refractivity contribution is 6.31. The highest BCUT2D eigenvalue weighted by Crippen LogP contribution is 2.20. The van der Waals surface area contributed by atoms with Crippen molar-refractivity contribution >= 4 is 29.1 Å². The van der Waals surface area contributed by atoms with Crippen LogP contribution in [0.2, 0.25) is 5.02 Å². The molecule has 0 aliphatic carbocycles. The highest BCUT2D eigenvalue weighted by Gasteiger charge is 2.11. The monoisotopic (exact) mass is 363 g/mol. The molecule has 0 aliphatic heterocycles. The second-order valence-electron chi connectivity index (χ2n) is 5.82. The Morgan fingerprint density at radius 2 is 1.96 bits per heavy atom. The van der Waals surface area contributed by atoms with Crippen molar-refractivity contribution in [3.63, 3.8) is 0 Å². The fourth-order valence-electron chi connectivity index (χ4n) is 2.36. The lowest BCUT2D eigenvalue weighted by Gasteiger charge is -2.09. The molecule has 0 atom stereocenters. The normalized spacial score (nSPS) is 10.6. The number of amides is 2. The minimum Gasteiger partial charge on any atom is -0.356 e. The van der Waals surface area contributed by atoms with Crippen LogP contribution in [0.25, 0.3) is 0 Å². The summed E-state index contributed by atoms with van der Waals surface area (Å²) in [5.74, 6) is 0.892. The molecule has 0 bridgehead atoms. The fourth-order valence-corrected chi connectivity index (χ4v) is 2.53. The van der Waals surface area contributed by atoms with Gasteiger partial charge < -0.3 is 10.6 Å². The zero-order valence-corrected chi connectivity index (χ0v) is 15.4. The van der Waals surface area contributed by atoms with Crippen molar-refractivity contribution in [2.75, 3.05) is 11.9 Å². The number of hydrogen-bond donors (Lipinski definition) is 2. The van der Waals surface area contributed by atoms with Gasteiger partial charge in [0.25, 0.3) is 0 Å². The van der Waals surface area contributed by atoms with Gasteiger partial charge >= 0.3 is 0 Å². The molecule has 25 heavy (non-hydrogen) atoms. The van der Waals surface area contributed by atoms with Crippen LogP contribution in [0.4, 0.5) is 5.69 Å². The molecule has 134 valence electrons. The van der Waals surface area contributed by atoms with E-state index < -0.39 is 0 Å². The van der Waals surface area contributed by atoms with Gasteiger partial charge in [-0.2, -0.15) is 5.10 Å². The molecule has 2 amide bonds. The molecule has 2 N–H and O–H groups in total. The molecule has 2 rings (SSSR count). The second kappa shape index (κ2) is 8.62. The molecule has 1 aromatic carbocycles. The molecule has 0 saturated carbocycles. The van der Waals surface area contributed by atoms with Crippen LogP contribution in [0.1, 0.15) is 30.1 Å². The van der Waals surface area contributed by atoms with E-state index in [1.54, 1.807) is 16.8 Å². The Bertz CT molecular complexity index is 772. The first kappa shape index (κ1) is 18.9. The molecule has 0 aliphatic rings. The van der Waals surface area contributed by atoms with Gasteiger partial charge in [0.2, 0.25) is 11.8 Å². The van der Waals surface area contributed by atoms with Crippen molar-refractivity contribution in [1.82, 2.24) is 20.1 Å². The Balaban J connectivity index is 1.71. The van der Waals surface area contributed by atoms with Crippen molar-refractivity contribution in [2.45, 2.75) is 40.2 Å². The van der Waals surface area contributed by atoms with Crippen molar-refractivity contribution < 1.29 is 9.59 Å². The molecule has 0 spiro atoms. The Hall–Kier alpha value is -2.41. The van der Waals surface area contributed by atoms with Gasteiger partial charge in [-0.25, -0.2) is 4.98 Å². The summed E-state index contributed by atoms with van der Waals surface area (Å²) in [6, 6.07) is 5.22. The van der Waals surface area contributed by atoms with Crippen molar-refractivity contribution in [1.29, 1.82) is 0 Å². The Morgan fingerprint density at radius 3 is 2.64 bits per heavy atom. The van der Waals surface area contributed by atoms with Gasteiger partial charge in [0, 0.05) is 23.8 Å². The third-order valence-electron chi connectivity index (χ3n) is 3.63. The van der Waals surface area contributed by atoms with E-state index >= 15 is 0 Å². The molecule has 1 aromatic heterocycles. The third-order valence-corrected chi connectivity index (χ3v) is 3.86.